The first-order valence-corrected chi connectivity index (χ1v) is 8.31. The third-order valence-electron chi connectivity index (χ3n) is 3.16. The quantitative estimate of drug-likeness (QED) is 0.549. The van der Waals surface area contributed by atoms with Crippen LogP contribution in [-0.4, -0.2) is 35.9 Å². The molecule has 3 N–H and O–H groups in total. The van der Waals surface area contributed by atoms with Gasteiger partial charge in [0.25, 0.3) is 0 Å². The van der Waals surface area contributed by atoms with Crippen LogP contribution in [-0.2, 0) is 11.2 Å². The molecule has 7 heteroatoms. The van der Waals surface area contributed by atoms with Crippen LogP contribution in [0.15, 0.2) is 41.8 Å². The largest absolute Gasteiger partial charge is 0.465 e. The molecule has 1 aromatic heterocycles. The second kappa shape index (κ2) is 8.61. The zero-order chi connectivity index (χ0) is 16.7. The van der Waals surface area contributed by atoms with Gasteiger partial charge in [-0.2, -0.15) is 0 Å². The number of rotatable bonds is 6. The fourth-order valence-electron chi connectivity index (χ4n) is 2.06. The van der Waals surface area contributed by atoms with Crippen molar-refractivity contribution in [3.8, 4) is 0 Å². The number of thiocarbonyl (C=S) groups is 1. The predicted octanol–water partition coefficient (Wildman–Crippen LogP) is 2.42. The average molecular weight is 350 g/mol. The molecule has 1 atom stereocenters. The molecular weight excluding hydrogens is 332 g/mol. The van der Waals surface area contributed by atoms with Gasteiger partial charge in [0.15, 0.2) is 5.11 Å². The molecule has 2 aromatic rings. The van der Waals surface area contributed by atoms with E-state index in [4.69, 9.17) is 17.0 Å². The first kappa shape index (κ1) is 17.4. The second-order valence-corrected chi connectivity index (χ2v) is 6.15. The van der Waals surface area contributed by atoms with Gasteiger partial charge in [0.2, 0.25) is 0 Å². The number of thiophene rings is 1. The molecule has 0 saturated heterocycles. The Bertz CT molecular complexity index is 658. The van der Waals surface area contributed by atoms with Gasteiger partial charge in [-0.25, -0.2) is 4.79 Å². The Labute approximate surface area is 144 Å². The summed E-state index contributed by atoms with van der Waals surface area (Å²) in [5.74, 6) is -0.409. The van der Waals surface area contributed by atoms with Gasteiger partial charge >= 0.3 is 5.97 Å². The van der Waals surface area contributed by atoms with E-state index < -0.39 is 5.97 Å². The van der Waals surface area contributed by atoms with Crippen LogP contribution in [0, 0.1) is 0 Å². The SMILES string of the molecule is COC(=O)c1sccc1NC(=S)N[C@@H](CO)Cc1ccccc1. The molecule has 0 radical (unpaired) electrons. The molecule has 0 fully saturated rings. The highest BCUT2D eigenvalue weighted by molar-refractivity contribution is 7.80. The topological polar surface area (TPSA) is 70.6 Å². The van der Waals surface area contributed by atoms with E-state index in [2.05, 4.69) is 10.6 Å². The molecule has 0 spiro atoms. The summed E-state index contributed by atoms with van der Waals surface area (Å²) >= 11 is 6.54. The lowest BCUT2D eigenvalue weighted by atomic mass is 10.1. The Morgan fingerprint density at radius 1 is 1.35 bits per heavy atom. The van der Waals surface area contributed by atoms with Gasteiger partial charge in [0.05, 0.1) is 25.4 Å². The van der Waals surface area contributed by atoms with E-state index in [1.165, 1.54) is 18.4 Å². The number of methoxy groups -OCH3 is 1. The maximum absolute atomic E-state index is 11.6. The number of aliphatic hydroxyl groups excluding tert-OH is 1. The Balaban J connectivity index is 1.95. The molecule has 1 heterocycles. The van der Waals surface area contributed by atoms with Crippen molar-refractivity contribution in [3.63, 3.8) is 0 Å². The normalized spacial score (nSPS) is 11.6. The predicted molar refractivity (Wildman–Crippen MR) is 96.0 cm³/mol. The van der Waals surface area contributed by atoms with Crippen LogP contribution in [0.2, 0.25) is 0 Å². The van der Waals surface area contributed by atoms with Gasteiger partial charge in [-0.3, -0.25) is 0 Å². The Hall–Kier alpha value is -1.96. The summed E-state index contributed by atoms with van der Waals surface area (Å²) in [5, 5.41) is 17.7. The number of hydrogen-bond acceptors (Lipinski definition) is 5. The van der Waals surface area contributed by atoms with Crippen molar-refractivity contribution in [2.75, 3.05) is 19.0 Å². The molecular formula is C16H18N2O3S2. The first-order chi connectivity index (χ1) is 11.1. The third-order valence-corrected chi connectivity index (χ3v) is 4.28. The van der Waals surface area contributed by atoms with E-state index in [9.17, 15) is 9.90 Å². The summed E-state index contributed by atoms with van der Waals surface area (Å²) in [7, 11) is 1.34. The number of ether oxygens (including phenoxy) is 1. The average Bonchev–Trinajstić information content (AvgIpc) is 3.02. The first-order valence-electron chi connectivity index (χ1n) is 7.02. The number of carbonyl (C=O) groups is 1. The molecule has 5 nitrogen and oxygen atoms in total. The molecule has 2 rings (SSSR count). The number of carbonyl (C=O) groups excluding carboxylic acids is 1. The molecule has 1 aromatic carbocycles. The summed E-state index contributed by atoms with van der Waals surface area (Å²) in [5.41, 5.74) is 1.70. The van der Waals surface area contributed by atoms with Gasteiger partial charge in [0.1, 0.15) is 4.88 Å². The molecule has 0 aliphatic carbocycles. The summed E-state index contributed by atoms with van der Waals surface area (Å²) in [6, 6.07) is 11.4. The fourth-order valence-corrected chi connectivity index (χ4v) is 3.10. The van der Waals surface area contributed by atoms with Crippen molar-refractivity contribution in [2.24, 2.45) is 0 Å². The maximum Gasteiger partial charge on any atom is 0.350 e. The highest BCUT2D eigenvalue weighted by atomic mass is 32.1. The molecule has 0 unspecified atom stereocenters. The van der Waals surface area contributed by atoms with E-state index in [0.717, 1.165) is 5.56 Å². The van der Waals surface area contributed by atoms with Gasteiger partial charge in [-0.05, 0) is 35.6 Å². The van der Waals surface area contributed by atoms with Crippen LogP contribution in [0.25, 0.3) is 0 Å². The van der Waals surface area contributed by atoms with Crippen molar-refractivity contribution >= 4 is 40.3 Å². The fraction of sp³-hybridized carbons (Fsp3) is 0.250. The molecule has 23 heavy (non-hydrogen) atoms. The monoisotopic (exact) mass is 350 g/mol. The minimum Gasteiger partial charge on any atom is -0.465 e. The van der Waals surface area contributed by atoms with Crippen molar-refractivity contribution < 1.29 is 14.6 Å². The summed E-state index contributed by atoms with van der Waals surface area (Å²) < 4.78 is 4.73. The lowest BCUT2D eigenvalue weighted by Gasteiger charge is -2.19. The van der Waals surface area contributed by atoms with Crippen molar-refractivity contribution in [3.05, 3.63) is 52.2 Å². The zero-order valence-electron chi connectivity index (χ0n) is 12.6. The molecule has 0 aliphatic rings. The number of esters is 1. The van der Waals surface area contributed by atoms with Crippen LogP contribution >= 0.6 is 23.6 Å². The molecule has 122 valence electrons. The summed E-state index contributed by atoms with van der Waals surface area (Å²) in [4.78, 5) is 12.1. The van der Waals surface area contributed by atoms with Gasteiger partial charge in [-0.1, -0.05) is 30.3 Å². The molecule has 0 saturated carbocycles. The lowest BCUT2D eigenvalue weighted by molar-refractivity contribution is 0.0607. The zero-order valence-corrected chi connectivity index (χ0v) is 14.2. The lowest BCUT2D eigenvalue weighted by Crippen LogP contribution is -2.41. The number of aliphatic hydroxyl groups is 1. The van der Waals surface area contributed by atoms with E-state index in [0.29, 0.717) is 22.1 Å². The van der Waals surface area contributed by atoms with E-state index >= 15 is 0 Å². The van der Waals surface area contributed by atoms with Crippen molar-refractivity contribution in [1.29, 1.82) is 0 Å². The summed E-state index contributed by atoms with van der Waals surface area (Å²) in [6.07, 6.45) is 0.645. The standard InChI is InChI=1S/C16H18N2O3S2/c1-21-15(20)14-13(7-8-23-14)18-16(22)17-12(10-19)9-11-5-3-2-4-6-11/h2-8,12,19H,9-10H2,1H3,(H2,17,18,22)/t12-/m1/s1. The molecule has 0 bridgehead atoms. The Morgan fingerprint density at radius 3 is 2.74 bits per heavy atom. The van der Waals surface area contributed by atoms with E-state index in [-0.39, 0.29) is 12.6 Å². The number of benzene rings is 1. The van der Waals surface area contributed by atoms with Gasteiger partial charge < -0.3 is 20.5 Å². The van der Waals surface area contributed by atoms with Gasteiger partial charge in [0, 0.05) is 0 Å². The molecule has 0 amide bonds. The van der Waals surface area contributed by atoms with Gasteiger partial charge in [-0.15, -0.1) is 11.3 Å². The highest BCUT2D eigenvalue weighted by Crippen LogP contribution is 2.23. The number of anilines is 1. The van der Waals surface area contributed by atoms with Crippen LogP contribution in [0.4, 0.5) is 5.69 Å². The van der Waals surface area contributed by atoms with Crippen molar-refractivity contribution in [2.45, 2.75) is 12.5 Å². The molecule has 0 aliphatic heterocycles. The van der Waals surface area contributed by atoms with E-state index in [1.54, 1.807) is 11.4 Å². The smallest absolute Gasteiger partial charge is 0.350 e. The van der Waals surface area contributed by atoms with E-state index in [1.807, 2.05) is 30.3 Å². The van der Waals surface area contributed by atoms with Crippen LogP contribution in [0.3, 0.4) is 0 Å². The highest BCUT2D eigenvalue weighted by Gasteiger charge is 2.16. The minimum absolute atomic E-state index is 0.0514. The number of nitrogens with one attached hydrogen (secondary N) is 2. The maximum atomic E-state index is 11.6. The Kier molecular flexibility index (Phi) is 6.52. The third kappa shape index (κ3) is 5.02. The number of hydrogen-bond donors (Lipinski definition) is 3. The van der Waals surface area contributed by atoms with Crippen LogP contribution < -0.4 is 10.6 Å². The van der Waals surface area contributed by atoms with Crippen LogP contribution in [0.5, 0.6) is 0 Å². The van der Waals surface area contributed by atoms with Crippen LogP contribution in [0.1, 0.15) is 15.2 Å². The Morgan fingerprint density at radius 2 is 2.09 bits per heavy atom. The summed E-state index contributed by atoms with van der Waals surface area (Å²) in [6.45, 7) is -0.0514. The second-order valence-electron chi connectivity index (χ2n) is 4.82. The van der Waals surface area contributed by atoms with Crippen molar-refractivity contribution in [1.82, 2.24) is 5.32 Å². The minimum atomic E-state index is -0.409.